The van der Waals surface area contributed by atoms with Gasteiger partial charge < -0.3 is 0 Å². The van der Waals surface area contributed by atoms with Crippen LogP contribution in [0.4, 0.5) is 5.13 Å². The molecule has 2 aromatic rings. The highest BCUT2D eigenvalue weighted by Gasteiger charge is 2.13. The van der Waals surface area contributed by atoms with E-state index in [2.05, 4.69) is 46.0 Å². The van der Waals surface area contributed by atoms with Crippen LogP contribution in [0.5, 0.6) is 0 Å². The number of aromatic nitrogens is 5. The first-order valence-electron chi connectivity index (χ1n) is 3.69. The van der Waals surface area contributed by atoms with E-state index in [1.54, 1.807) is 0 Å². The van der Waals surface area contributed by atoms with Crippen molar-refractivity contribution in [1.29, 1.82) is 0 Å². The Morgan fingerprint density at radius 1 is 1.53 bits per heavy atom. The molecule has 0 aliphatic carbocycles. The van der Waals surface area contributed by atoms with E-state index in [0.717, 1.165) is 11.5 Å². The van der Waals surface area contributed by atoms with E-state index >= 15 is 0 Å². The first-order chi connectivity index (χ1) is 7.27. The minimum Gasteiger partial charge on any atom is -0.294 e. The molecule has 0 radical (unpaired) electrons. The standard InChI is InChI=1S/C6H3BrN6OS/c7-3-1-8-2-9-4(3)5(14)10-6-11-12-13-15-6/h1-2H,(H,10,11,13,14). The van der Waals surface area contributed by atoms with Crippen molar-refractivity contribution in [3.8, 4) is 0 Å². The zero-order chi connectivity index (χ0) is 10.7. The number of carbonyl (C=O) groups is 1. The van der Waals surface area contributed by atoms with E-state index in [0.29, 0.717) is 9.60 Å². The maximum absolute atomic E-state index is 11.6. The lowest BCUT2D eigenvalue weighted by Crippen LogP contribution is -2.14. The Labute approximate surface area is 96.2 Å². The van der Waals surface area contributed by atoms with E-state index in [1.165, 1.54) is 12.5 Å². The summed E-state index contributed by atoms with van der Waals surface area (Å²) >= 11 is 4.16. The van der Waals surface area contributed by atoms with Crippen molar-refractivity contribution >= 4 is 38.5 Å². The minimum absolute atomic E-state index is 0.236. The Hall–Kier alpha value is -1.48. The van der Waals surface area contributed by atoms with E-state index in [4.69, 9.17) is 0 Å². The quantitative estimate of drug-likeness (QED) is 0.875. The molecule has 0 aliphatic rings. The highest BCUT2D eigenvalue weighted by Crippen LogP contribution is 2.14. The average molecular weight is 287 g/mol. The number of rotatable bonds is 2. The van der Waals surface area contributed by atoms with Crippen LogP contribution in [0, 0.1) is 0 Å². The molecule has 1 amide bonds. The number of carbonyl (C=O) groups excluding carboxylic acids is 1. The van der Waals surface area contributed by atoms with Crippen LogP contribution in [0.2, 0.25) is 0 Å². The van der Waals surface area contributed by atoms with Gasteiger partial charge in [-0.3, -0.25) is 10.1 Å². The van der Waals surface area contributed by atoms with Gasteiger partial charge in [0.05, 0.1) is 4.47 Å². The zero-order valence-corrected chi connectivity index (χ0v) is 9.49. The highest BCUT2D eigenvalue weighted by atomic mass is 79.9. The molecule has 7 nitrogen and oxygen atoms in total. The van der Waals surface area contributed by atoms with E-state index < -0.39 is 0 Å². The van der Waals surface area contributed by atoms with Gasteiger partial charge in [-0.15, -0.1) is 0 Å². The summed E-state index contributed by atoms with van der Waals surface area (Å²) in [4.78, 5) is 19.2. The van der Waals surface area contributed by atoms with Crippen molar-refractivity contribution in [1.82, 2.24) is 24.8 Å². The molecule has 15 heavy (non-hydrogen) atoms. The number of halogens is 1. The van der Waals surface area contributed by atoms with E-state index in [9.17, 15) is 4.79 Å². The van der Waals surface area contributed by atoms with Crippen LogP contribution in [0.15, 0.2) is 17.0 Å². The van der Waals surface area contributed by atoms with Crippen LogP contribution in [-0.2, 0) is 0 Å². The number of hydrogen-bond acceptors (Lipinski definition) is 7. The van der Waals surface area contributed by atoms with Gasteiger partial charge in [-0.05, 0) is 21.1 Å². The molecule has 0 aromatic carbocycles. The van der Waals surface area contributed by atoms with Crippen LogP contribution in [-0.4, -0.2) is 30.7 Å². The largest absolute Gasteiger partial charge is 0.294 e. The Kier molecular flexibility index (Phi) is 2.92. The first-order valence-corrected chi connectivity index (χ1v) is 5.26. The van der Waals surface area contributed by atoms with Crippen LogP contribution in [0.25, 0.3) is 0 Å². The van der Waals surface area contributed by atoms with Crippen molar-refractivity contribution < 1.29 is 4.79 Å². The molecule has 76 valence electrons. The smallest absolute Gasteiger partial charge is 0.277 e. The van der Waals surface area contributed by atoms with Crippen molar-refractivity contribution in [2.45, 2.75) is 0 Å². The van der Waals surface area contributed by atoms with Gasteiger partial charge >= 0.3 is 0 Å². The number of nitrogens with zero attached hydrogens (tertiary/aromatic N) is 5. The average Bonchev–Trinajstić information content (AvgIpc) is 2.71. The predicted octanol–water partition coefficient (Wildman–Crippen LogP) is 0.738. The minimum atomic E-state index is -0.386. The monoisotopic (exact) mass is 286 g/mol. The normalized spacial score (nSPS) is 9.93. The SMILES string of the molecule is O=C(Nc1nnns1)c1ncncc1Br. The Balaban J connectivity index is 2.19. The van der Waals surface area contributed by atoms with Gasteiger partial charge in [0.15, 0.2) is 0 Å². The Bertz CT molecular complexity index is 474. The fourth-order valence-electron chi connectivity index (χ4n) is 0.818. The molecule has 0 saturated carbocycles. The van der Waals surface area contributed by atoms with E-state index in [-0.39, 0.29) is 11.6 Å². The molecule has 0 atom stereocenters. The molecule has 0 aliphatic heterocycles. The van der Waals surface area contributed by atoms with Crippen LogP contribution in [0.3, 0.4) is 0 Å². The molecular weight excluding hydrogens is 284 g/mol. The summed E-state index contributed by atoms with van der Waals surface area (Å²) in [7, 11) is 0. The summed E-state index contributed by atoms with van der Waals surface area (Å²) in [6, 6.07) is 0. The molecule has 0 saturated heterocycles. The summed E-state index contributed by atoms with van der Waals surface area (Å²) < 4.78 is 4.03. The number of anilines is 1. The third-order valence-electron chi connectivity index (χ3n) is 1.40. The van der Waals surface area contributed by atoms with Crippen LogP contribution in [0.1, 0.15) is 10.5 Å². The van der Waals surface area contributed by atoms with Gasteiger partial charge in [0.25, 0.3) is 5.91 Å². The summed E-state index contributed by atoms with van der Waals surface area (Å²) in [5.74, 6) is -0.386. The summed E-state index contributed by atoms with van der Waals surface area (Å²) in [5.41, 5.74) is 0.236. The molecule has 0 fully saturated rings. The summed E-state index contributed by atoms with van der Waals surface area (Å²) in [6.45, 7) is 0. The first kappa shape index (κ1) is 10.1. The molecule has 0 unspecified atom stereocenters. The van der Waals surface area contributed by atoms with Gasteiger partial charge in [0.2, 0.25) is 5.13 Å². The molecule has 1 N–H and O–H groups in total. The van der Waals surface area contributed by atoms with Crippen molar-refractivity contribution in [2.24, 2.45) is 0 Å². The molecule has 9 heteroatoms. The fourth-order valence-corrected chi connectivity index (χ4v) is 1.58. The molecule has 2 rings (SSSR count). The summed E-state index contributed by atoms with van der Waals surface area (Å²) in [6.07, 6.45) is 2.78. The van der Waals surface area contributed by atoms with Crippen molar-refractivity contribution in [2.75, 3.05) is 5.32 Å². The lowest BCUT2D eigenvalue weighted by atomic mass is 10.4. The molecule has 0 spiro atoms. The lowest BCUT2D eigenvalue weighted by Gasteiger charge is -2.00. The number of hydrogen-bond donors (Lipinski definition) is 1. The molecule has 2 aromatic heterocycles. The van der Waals surface area contributed by atoms with Crippen LogP contribution >= 0.6 is 27.5 Å². The number of nitrogens with one attached hydrogen (secondary N) is 1. The van der Waals surface area contributed by atoms with Crippen molar-refractivity contribution in [3.63, 3.8) is 0 Å². The second-order valence-corrected chi connectivity index (χ2v) is 3.93. The van der Waals surface area contributed by atoms with Gasteiger partial charge in [-0.1, -0.05) is 9.59 Å². The maximum Gasteiger partial charge on any atom is 0.277 e. The van der Waals surface area contributed by atoms with Gasteiger partial charge in [-0.25, -0.2) is 9.97 Å². The second kappa shape index (κ2) is 4.36. The second-order valence-electron chi connectivity index (χ2n) is 2.34. The lowest BCUT2D eigenvalue weighted by molar-refractivity contribution is 0.102. The fraction of sp³-hybridized carbons (Fsp3) is 0. The third-order valence-corrected chi connectivity index (χ3v) is 2.49. The maximum atomic E-state index is 11.6. The molecular formula is C6H3BrN6OS. The third kappa shape index (κ3) is 2.30. The topological polar surface area (TPSA) is 93.6 Å². The van der Waals surface area contributed by atoms with Gasteiger partial charge in [0.1, 0.15) is 12.0 Å². The molecule has 0 bridgehead atoms. The Morgan fingerprint density at radius 3 is 3.07 bits per heavy atom. The summed E-state index contributed by atoms with van der Waals surface area (Å²) in [5, 5.41) is 9.76. The Morgan fingerprint density at radius 2 is 2.40 bits per heavy atom. The van der Waals surface area contributed by atoms with Gasteiger partial charge in [-0.2, -0.15) is 0 Å². The van der Waals surface area contributed by atoms with Crippen LogP contribution < -0.4 is 5.32 Å². The van der Waals surface area contributed by atoms with Crippen molar-refractivity contribution in [3.05, 3.63) is 22.7 Å². The highest BCUT2D eigenvalue weighted by molar-refractivity contribution is 9.10. The zero-order valence-electron chi connectivity index (χ0n) is 7.09. The number of amides is 1. The molecule has 2 heterocycles. The van der Waals surface area contributed by atoms with Gasteiger partial charge in [0, 0.05) is 17.7 Å². The predicted molar refractivity (Wildman–Crippen MR) is 55.4 cm³/mol. The van der Waals surface area contributed by atoms with E-state index in [1.807, 2.05) is 0 Å².